The van der Waals surface area contributed by atoms with E-state index >= 15 is 0 Å². The van der Waals surface area contributed by atoms with Crippen molar-refractivity contribution in [2.75, 3.05) is 19.8 Å². The lowest BCUT2D eigenvalue weighted by atomic mass is 9.93. The van der Waals surface area contributed by atoms with Gasteiger partial charge in [-0.2, -0.15) is 0 Å². The van der Waals surface area contributed by atoms with Crippen LogP contribution in [0.3, 0.4) is 0 Å². The molecule has 126 valence electrons. The second-order valence-corrected chi connectivity index (χ2v) is 6.10. The predicted molar refractivity (Wildman–Crippen MR) is 77.7 cm³/mol. The van der Waals surface area contributed by atoms with E-state index in [9.17, 15) is 14.4 Å². The van der Waals surface area contributed by atoms with Crippen molar-refractivity contribution in [3.8, 4) is 0 Å². The van der Waals surface area contributed by atoms with Gasteiger partial charge in [-0.05, 0) is 13.8 Å². The third-order valence-electron chi connectivity index (χ3n) is 3.19. The molecule has 0 bridgehead atoms. The minimum Gasteiger partial charge on any atom is -0.466 e. The Labute approximate surface area is 130 Å². The summed E-state index contributed by atoms with van der Waals surface area (Å²) in [6.07, 6.45) is -1.01. The summed E-state index contributed by atoms with van der Waals surface area (Å²) in [4.78, 5) is 37.3. The molecule has 7 heteroatoms. The highest BCUT2D eigenvalue weighted by atomic mass is 16.6. The molecule has 0 unspecified atom stereocenters. The van der Waals surface area contributed by atoms with Crippen molar-refractivity contribution in [1.29, 1.82) is 0 Å². The van der Waals surface area contributed by atoms with E-state index in [0.717, 1.165) is 0 Å². The van der Waals surface area contributed by atoms with Gasteiger partial charge in [-0.15, -0.1) is 0 Å². The standard InChI is InChI=1S/C15H25NO6/c1-6-20-12(18)8-11(17)16-10(13(19)21-7-2)9-22-14(16)15(3,4)5/h10,14H,6-9H2,1-5H3/t10-,14+/m0/s1. The summed E-state index contributed by atoms with van der Waals surface area (Å²) in [6, 6.07) is -0.828. The second-order valence-electron chi connectivity index (χ2n) is 6.10. The topological polar surface area (TPSA) is 82.1 Å². The third kappa shape index (κ3) is 4.43. The van der Waals surface area contributed by atoms with Crippen molar-refractivity contribution in [3.05, 3.63) is 0 Å². The third-order valence-corrected chi connectivity index (χ3v) is 3.19. The highest BCUT2D eigenvalue weighted by Gasteiger charge is 2.47. The SMILES string of the molecule is CCOC(=O)CC(=O)N1[C@H](C(=O)OCC)CO[C@@H]1C(C)(C)C. The Bertz CT molecular complexity index is 428. The van der Waals surface area contributed by atoms with Gasteiger partial charge in [0, 0.05) is 5.41 Å². The number of carbonyl (C=O) groups is 3. The number of rotatable bonds is 5. The number of carbonyl (C=O) groups excluding carboxylic acids is 3. The van der Waals surface area contributed by atoms with Crippen LogP contribution in [0.15, 0.2) is 0 Å². The van der Waals surface area contributed by atoms with Gasteiger partial charge in [0.1, 0.15) is 12.6 Å². The fourth-order valence-corrected chi connectivity index (χ4v) is 2.33. The summed E-state index contributed by atoms with van der Waals surface area (Å²) in [6.45, 7) is 9.54. The van der Waals surface area contributed by atoms with Crippen molar-refractivity contribution in [3.63, 3.8) is 0 Å². The molecule has 1 aliphatic rings. The van der Waals surface area contributed by atoms with Crippen LogP contribution in [0.25, 0.3) is 0 Å². The smallest absolute Gasteiger partial charge is 0.331 e. The molecule has 0 aromatic carbocycles. The zero-order valence-corrected chi connectivity index (χ0v) is 13.9. The van der Waals surface area contributed by atoms with E-state index in [1.165, 1.54) is 4.90 Å². The van der Waals surface area contributed by atoms with Crippen LogP contribution in [0, 0.1) is 5.41 Å². The zero-order valence-electron chi connectivity index (χ0n) is 13.9. The van der Waals surface area contributed by atoms with E-state index in [-0.39, 0.29) is 19.8 Å². The summed E-state index contributed by atoms with van der Waals surface area (Å²) in [5.74, 6) is -1.63. The summed E-state index contributed by atoms with van der Waals surface area (Å²) >= 11 is 0. The number of ether oxygens (including phenoxy) is 3. The monoisotopic (exact) mass is 315 g/mol. The molecule has 1 heterocycles. The van der Waals surface area contributed by atoms with E-state index in [2.05, 4.69) is 0 Å². The molecular formula is C15H25NO6. The predicted octanol–water partition coefficient (Wildman–Crippen LogP) is 1.10. The van der Waals surface area contributed by atoms with Crippen molar-refractivity contribution in [2.24, 2.45) is 5.41 Å². The first-order valence-corrected chi connectivity index (χ1v) is 7.47. The maximum Gasteiger partial charge on any atom is 0.331 e. The highest BCUT2D eigenvalue weighted by Crippen LogP contribution is 2.32. The molecule has 1 saturated heterocycles. The molecule has 0 N–H and O–H groups in total. The van der Waals surface area contributed by atoms with Crippen LogP contribution in [0.4, 0.5) is 0 Å². The van der Waals surface area contributed by atoms with E-state index in [4.69, 9.17) is 14.2 Å². The van der Waals surface area contributed by atoms with Gasteiger partial charge in [0.15, 0.2) is 6.04 Å². The molecule has 1 fully saturated rings. The summed E-state index contributed by atoms with van der Waals surface area (Å²) in [5, 5.41) is 0. The molecule has 2 atom stereocenters. The Kier molecular flexibility index (Phi) is 6.34. The van der Waals surface area contributed by atoms with Gasteiger partial charge in [-0.3, -0.25) is 14.5 Å². The Hall–Kier alpha value is -1.63. The van der Waals surface area contributed by atoms with Crippen molar-refractivity contribution in [1.82, 2.24) is 4.90 Å². The summed E-state index contributed by atoms with van der Waals surface area (Å²) in [5.41, 5.74) is -0.397. The Morgan fingerprint density at radius 3 is 2.23 bits per heavy atom. The Morgan fingerprint density at radius 1 is 1.14 bits per heavy atom. The van der Waals surface area contributed by atoms with Crippen LogP contribution in [0.1, 0.15) is 41.0 Å². The molecule has 1 aliphatic heterocycles. The Morgan fingerprint density at radius 2 is 1.73 bits per heavy atom. The lowest BCUT2D eigenvalue weighted by Crippen LogP contribution is -2.51. The molecule has 1 rings (SSSR count). The lowest BCUT2D eigenvalue weighted by Gasteiger charge is -2.35. The van der Waals surface area contributed by atoms with E-state index < -0.39 is 42.0 Å². The maximum absolute atomic E-state index is 12.4. The van der Waals surface area contributed by atoms with E-state index in [0.29, 0.717) is 0 Å². The number of nitrogens with zero attached hydrogens (tertiary/aromatic N) is 1. The normalized spacial score (nSPS) is 21.6. The van der Waals surface area contributed by atoms with Crippen LogP contribution in [-0.2, 0) is 28.6 Å². The number of hydrogen-bond acceptors (Lipinski definition) is 6. The largest absolute Gasteiger partial charge is 0.466 e. The minimum absolute atomic E-state index is 0.0648. The lowest BCUT2D eigenvalue weighted by molar-refractivity contribution is -0.160. The molecule has 0 radical (unpaired) electrons. The molecule has 0 aromatic heterocycles. The van der Waals surface area contributed by atoms with E-state index in [1.54, 1.807) is 13.8 Å². The summed E-state index contributed by atoms with van der Waals surface area (Å²) < 4.78 is 15.4. The number of amides is 1. The average molecular weight is 315 g/mol. The highest BCUT2D eigenvalue weighted by molar-refractivity contribution is 5.96. The van der Waals surface area contributed by atoms with Gasteiger partial charge in [0.25, 0.3) is 0 Å². The van der Waals surface area contributed by atoms with Crippen LogP contribution in [0.2, 0.25) is 0 Å². The molecule has 0 spiro atoms. The van der Waals surface area contributed by atoms with Crippen LogP contribution in [-0.4, -0.2) is 54.8 Å². The first kappa shape index (κ1) is 18.4. The fourth-order valence-electron chi connectivity index (χ4n) is 2.33. The van der Waals surface area contributed by atoms with Crippen molar-refractivity contribution >= 4 is 17.8 Å². The zero-order chi connectivity index (χ0) is 16.9. The minimum atomic E-state index is -0.828. The maximum atomic E-state index is 12.4. The van der Waals surface area contributed by atoms with Crippen molar-refractivity contribution < 1.29 is 28.6 Å². The van der Waals surface area contributed by atoms with Crippen molar-refractivity contribution in [2.45, 2.75) is 53.3 Å². The van der Waals surface area contributed by atoms with Crippen LogP contribution in [0.5, 0.6) is 0 Å². The summed E-state index contributed by atoms with van der Waals surface area (Å²) in [7, 11) is 0. The van der Waals surface area contributed by atoms with Gasteiger partial charge in [0.2, 0.25) is 5.91 Å². The van der Waals surface area contributed by atoms with Gasteiger partial charge in [-0.1, -0.05) is 20.8 Å². The quantitative estimate of drug-likeness (QED) is 0.558. The van der Waals surface area contributed by atoms with Gasteiger partial charge in [0.05, 0.1) is 19.8 Å². The van der Waals surface area contributed by atoms with Gasteiger partial charge < -0.3 is 14.2 Å². The molecule has 0 aromatic rings. The average Bonchev–Trinajstić information content (AvgIpc) is 2.83. The first-order chi connectivity index (χ1) is 10.2. The van der Waals surface area contributed by atoms with Crippen LogP contribution < -0.4 is 0 Å². The van der Waals surface area contributed by atoms with Crippen LogP contribution >= 0.6 is 0 Å². The number of hydrogen-bond donors (Lipinski definition) is 0. The molecule has 22 heavy (non-hydrogen) atoms. The second kappa shape index (κ2) is 7.58. The first-order valence-electron chi connectivity index (χ1n) is 7.47. The Balaban J connectivity index is 2.94. The number of esters is 2. The molecule has 1 amide bonds. The van der Waals surface area contributed by atoms with Gasteiger partial charge >= 0.3 is 11.9 Å². The molecule has 0 aliphatic carbocycles. The molecule has 0 saturated carbocycles. The molecular weight excluding hydrogens is 290 g/mol. The molecule has 7 nitrogen and oxygen atoms in total. The fraction of sp³-hybridized carbons (Fsp3) is 0.800. The van der Waals surface area contributed by atoms with Gasteiger partial charge in [-0.25, -0.2) is 4.79 Å². The van der Waals surface area contributed by atoms with E-state index in [1.807, 2.05) is 20.8 Å².